The van der Waals surface area contributed by atoms with Gasteiger partial charge in [-0.1, -0.05) is 32.4 Å². The van der Waals surface area contributed by atoms with Crippen LogP contribution >= 0.6 is 0 Å². The summed E-state index contributed by atoms with van der Waals surface area (Å²) in [6.45, 7) is 8.33. The van der Waals surface area contributed by atoms with Crippen LogP contribution < -0.4 is 15.4 Å². The number of rotatable bonds is 6. The quantitative estimate of drug-likeness (QED) is 0.841. The first kappa shape index (κ1) is 17.7. The molecule has 0 bridgehead atoms. The van der Waals surface area contributed by atoms with Crippen molar-refractivity contribution in [1.29, 1.82) is 0 Å². The van der Waals surface area contributed by atoms with Crippen molar-refractivity contribution in [1.82, 2.24) is 10.6 Å². The molecule has 1 saturated heterocycles. The number of methoxy groups -OCH3 is 1. The van der Waals surface area contributed by atoms with Crippen molar-refractivity contribution in [3.05, 3.63) is 29.8 Å². The molecule has 2 N–H and O–H groups in total. The zero-order valence-electron chi connectivity index (χ0n) is 15.3. The molecule has 0 spiro atoms. The van der Waals surface area contributed by atoms with Crippen molar-refractivity contribution in [2.45, 2.75) is 50.6 Å². The summed E-state index contributed by atoms with van der Waals surface area (Å²) in [4.78, 5) is 0. The predicted molar refractivity (Wildman–Crippen MR) is 97.8 cm³/mol. The lowest BCUT2D eigenvalue weighted by Crippen LogP contribution is -2.52. The summed E-state index contributed by atoms with van der Waals surface area (Å²) in [6.07, 6.45) is 3.91. The van der Waals surface area contributed by atoms with Crippen LogP contribution in [-0.4, -0.2) is 45.5 Å². The fourth-order valence-corrected chi connectivity index (χ4v) is 4.11. The van der Waals surface area contributed by atoms with E-state index in [0.717, 1.165) is 32.1 Å². The minimum atomic E-state index is 0.107. The van der Waals surface area contributed by atoms with Crippen LogP contribution in [0.15, 0.2) is 24.3 Å². The van der Waals surface area contributed by atoms with Crippen molar-refractivity contribution in [2.75, 3.05) is 33.4 Å². The molecule has 24 heavy (non-hydrogen) atoms. The summed E-state index contributed by atoms with van der Waals surface area (Å²) in [6, 6.07) is 9.59. The average molecular weight is 332 g/mol. The van der Waals surface area contributed by atoms with Crippen LogP contribution in [-0.2, 0) is 10.2 Å². The minimum absolute atomic E-state index is 0.107. The molecule has 1 aliphatic carbocycles. The van der Waals surface area contributed by atoms with Crippen LogP contribution in [0.4, 0.5) is 0 Å². The van der Waals surface area contributed by atoms with E-state index in [-0.39, 0.29) is 5.41 Å². The fourth-order valence-electron chi connectivity index (χ4n) is 4.11. The monoisotopic (exact) mass is 332 g/mol. The average Bonchev–Trinajstić information content (AvgIpc) is 3.09. The van der Waals surface area contributed by atoms with Gasteiger partial charge in [-0.2, -0.15) is 0 Å². The van der Waals surface area contributed by atoms with E-state index in [1.165, 1.54) is 24.8 Å². The Labute approximate surface area is 146 Å². The van der Waals surface area contributed by atoms with Crippen LogP contribution in [0.3, 0.4) is 0 Å². The molecule has 0 aromatic heterocycles. The summed E-state index contributed by atoms with van der Waals surface area (Å²) in [5, 5.41) is 7.52. The minimum Gasteiger partial charge on any atom is -0.497 e. The van der Waals surface area contributed by atoms with Crippen LogP contribution in [0.2, 0.25) is 0 Å². The van der Waals surface area contributed by atoms with Gasteiger partial charge in [-0.05, 0) is 36.5 Å². The van der Waals surface area contributed by atoms with Gasteiger partial charge in [0.15, 0.2) is 0 Å². The highest BCUT2D eigenvalue weighted by Gasteiger charge is 2.35. The Morgan fingerprint density at radius 2 is 2.04 bits per heavy atom. The predicted octanol–water partition coefficient (Wildman–Crippen LogP) is 2.72. The molecule has 1 saturated carbocycles. The van der Waals surface area contributed by atoms with E-state index in [1.807, 2.05) is 0 Å². The van der Waals surface area contributed by atoms with Gasteiger partial charge in [0.25, 0.3) is 0 Å². The number of nitrogens with one attached hydrogen (secondary N) is 2. The van der Waals surface area contributed by atoms with Crippen molar-refractivity contribution in [2.24, 2.45) is 5.92 Å². The fraction of sp³-hybridized carbons (Fsp3) is 0.700. The van der Waals surface area contributed by atoms with Gasteiger partial charge in [0, 0.05) is 30.6 Å². The van der Waals surface area contributed by atoms with E-state index < -0.39 is 0 Å². The SMILES string of the molecule is COc1ccc(C(C)(C)CNC2CCCC2C2COCCN2)cc1. The second kappa shape index (κ2) is 7.85. The van der Waals surface area contributed by atoms with E-state index in [9.17, 15) is 0 Å². The topological polar surface area (TPSA) is 42.5 Å². The molecule has 0 radical (unpaired) electrons. The van der Waals surface area contributed by atoms with E-state index in [1.54, 1.807) is 7.11 Å². The molecule has 1 aromatic rings. The van der Waals surface area contributed by atoms with Gasteiger partial charge in [-0.3, -0.25) is 0 Å². The van der Waals surface area contributed by atoms with E-state index in [4.69, 9.17) is 9.47 Å². The number of hydrogen-bond donors (Lipinski definition) is 2. The number of ether oxygens (including phenoxy) is 2. The van der Waals surface area contributed by atoms with E-state index in [2.05, 4.69) is 48.7 Å². The van der Waals surface area contributed by atoms with Gasteiger partial charge >= 0.3 is 0 Å². The number of hydrogen-bond acceptors (Lipinski definition) is 4. The standard InChI is InChI=1S/C20H32N2O2/c1-20(2,15-7-9-16(23-3)10-8-15)14-22-18-6-4-5-17(18)19-13-24-12-11-21-19/h7-10,17-19,21-22H,4-6,11-14H2,1-3H3. The molecule has 4 nitrogen and oxygen atoms in total. The van der Waals surface area contributed by atoms with Crippen LogP contribution in [0.5, 0.6) is 5.75 Å². The molecule has 3 atom stereocenters. The Morgan fingerprint density at radius 3 is 2.71 bits per heavy atom. The molecular formula is C20H32N2O2. The van der Waals surface area contributed by atoms with Crippen LogP contribution in [0.1, 0.15) is 38.7 Å². The first-order valence-corrected chi connectivity index (χ1v) is 9.29. The first-order chi connectivity index (χ1) is 11.6. The smallest absolute Gasteiger partial charge is 0.118 e. The first-order valence-electron chi connectivity index (χ1n) is 9.29. The third-order valence-corrected chi connectivity index (χ3v) is 5.71. The maximum Gasteiger partial charge on any atom is 0.118 e. The molecule has 1 aliphatic heterocycles. The molecule has 3 unspecified atom stereocenters. The summed E-state index contributed by atoms with van der Waals surface area (Å²) in [5.74, 6) is 1.61. The maximum absolute atomic E-state index is 5.68. The molecule has 134 valence electrons. The van der Waals surface area contributed by atoms with E-state index in [0.29, 0.717) is 18.0 Å². The molecule has 0 amide bonds. The van der Waals surface area contributed by atoms with Crippen molar-refractivity contribution >= 4 is 0 Å². The highest BCUT2D eigenvalue weighted by molar-refractivity contribution is 5.31. The molecule has 2 aliphatic rings. The lowest BCUT2D eigenvalue weighted by Gasteiger charge is -2.35. The Balaban J connectivity index is 1.58. The second-order valence-electron chi connectivity index (χ2n) is 7.83. The Bertz CT molecular complexity index is 509. The van der Waals surface area contributed by atoms with Gasteiger partial charge < -0.3 is 20.1 Å². The summed E-state index contributed by atoms with van der Waals surface area (Å²) in [7, 11) is 1.71. The Kier molecular flexibility index (Phi) is 5.80. The number of benzene rings is 1. The zero-order valence-corrected chi connectivity index (χ0v) is 15.3. The zero-order chi connectivity index (χ0) is 17.0. The summed E-state index contributed by atoms with van der Waals surface area (Å²) in [5.41, 5.74) is 1.46. The molecule has 4 heteroatoms. The van der Waals surface area contributed by atoms with Gasteiger partial charge in [-0.15, -0.1) is 0 Å². The van der Waals surface area contributed by atoms with Crippen LogP contribution in [0, 0.1) is 5.92 Å². The van der Waals surface area contributed by atoms with Crippen molar-refractivity contribution in [3.8, 4) is 5.75 Å². The van der Waals surface area contributed by atoms with E-state index >= 15 is 0 Å². The lowest BCUT2D eigenvalue weighted by molar-refractivity contribution is 0.0522. The third-order valence-electron chi connectivity index (χ3n) is 5.71. The molecule has 3 rings (SSSR count). The van der Waals surface area contributed by atoms with Gasteiger partial charge in [0.1, 0.15) is 5.75 Å². The summed E-state index contributed by atoms with van der Waals surface area (Å²) < 4.78 is 10.9. The van der Waals surface area contributed by atoms with Gasteiger partial charge in [0.05, 0.1) is 20.3 Å². The van der Waals surface area contributed by atoms with Crippen molar-refractivity contribution < 1.29 is 9.47 Å². The second-order valence-corrected chi connectivity index (χ2v) is 7.83. The van der Waals surface area contributed by atoms with Crippen molar-refractivity contribution in [3.63, 3.8) is 0 Å². The lowest BCUT2D eigenvalue weighted by atomic mass is 9.83. The maximum atomic E-state index is 5.68. The Hall–Kier alpha value is -1.10. The third kappa shape index (κ3) is 4.11. The van der Waals surface area contributed by atoms with Gasteiger partial charge in [-0.25, -0.2) is 0 Å². The summed E-state index contributed by atoms with van der Waals surface area (Å²) >= 11 is 0. The van der Waals surface area contributed by atoms with Crippen LogP contribution in [0.25, 0.3) is 0 Å². The number of morpholine rings is 1. The normalized spacial score (nSPS) is 28.0. The molecule has 1 heterocycles. The largest absolute Gasteiger partial charge is 0.497 e. The Morgan fingerprint density at radius 1 is 1.25 bits per heavy atom. The highest BCUT2D eigenvalue weighted by atomic mass is 16.5. The van der Waals surface area contributed by atoms with Gasteiger partial charge in [0.2, 0.25) is 0 Å². The highest BCUT2D eigenvalue weighted by Crippen LogP contribution is 2.31. The molecule has 2 fully saturated rings. The molecule has 1 aromatic carbocycles. The molecular weight excluding hydrogens is 300 g/mol.